The van der Waals surface area contributed by atoms with Gasteiger partial charge in [-0.1, -0.05) is 260 Å². The first-order valence-corrected chi connectivity index (χ1v) is 29.1. The standard InChI is InChI=1S/C63H108O6/c1-4-7-10-13-16-19-22-25-27-29-31-33-35-38-41-44-47-50-53-56-62(65)68-59-60(58-67-61(64)55-52-49-46-43-40-37-24-21-18-15-12-9-6-3)69-63(66)57-54-51-48-45-42-39-36-34-32-30-28-26-23-20-17-14-11-8-5-2/h7,10,16,19,25,27,30-33,38,41,47,50,60H,4-6,8-9,11-15,17-18,20-24,26,28-29,34-37,39-40,42-46,48-49,51-59H2,1-3H3/b10-7-,19-16-,27-25-,32-30-,33-31-,41-38-,50-47-. The Labute approximate surface area is 426 Å². The molecular weight excluding hydrogens is 853 g/mol. The maximum atomic E-state index is 12.9. The molecule has 0 heterocycles. The molecule has 0 fully saturated rings. The molecular formula is C63H108O6. The molecule has 0 amide bonds. The van der Waals surface area contributed by atoms with E-state index in [0.29, 0.717) is 19.3 Å². The topological polar surface area (TPSA) is 78.9 Å². The fraction of sp³-hybridized carbons (Fsp3) is 0.730. The van der Waals surface area contributed by atoms with Gasteiger partial charge in [-0.15, -0.1) is 0 Å². The first-order chi connectivity index (χ1) is 34.0. The first-order valence-electron chi connectivity index (χ1n) is 29.1. The Kier molecular flexibility index (Phi) is 54.3. The zero-order valence-corrected chi connectivity index (χ0v) is 45.3. The van der Waals surface area contributed by atoms with Gasteiger partial charge >= 0.3 is 17.9 Å². The fourth-order valence-electron chi connectivity index (χ4n) is 8.05. The summed E-state index contributed by atoms with van der Waals surface area (Å²) in [5.74, 6) is -0.984. The molecule has 0 spiro atoms. The molecule has 1 atom stereocenters. The second-order valence-corrected chi connectivity index (χ2v) is 19.2. The van der Waals surface area contributed by atoms with Crippen LogP contribution in [0.4, 0.5) is 0 Å². The molecule has 69 heavy (non-hydrogen) atoms. The molecule has 0 aliphatic rings. The number of carbonyl (C=O) groups excluding carboxylic acids is 3. The van der Waals surface area contributed by atoms with Gasteiger partial charge in [-0.3, -0.25) is 14.4 Å². The largest absolute Gasteiger partial charge is 0.462 e. The van der Waals surface area contributed by atoms with Crippen LogP contribution in [0.25, 0.3) is 0 Å². The molecule has 1 unspecified atom stereocenters. The van der Waals surface area contributed by atoms with Gasteiger partial charge in [0, 0.05) is 19.3 Å². The van der Waals surface area contributed by atoms with Gasteiger partial charge in [-0.05, 0) is 83.5 Å². The van der Waals surface area contributed by atoms with Crippen molar-refractivity contribution in [1.29, 1.82) is 0 Å². The van der Waals surface area contributed by atoms with Crippen LogP contribution < -0.4 is 0 Å². The lowest BCUT2D eigenvalue weighted by Crippen LogP contribution is -2.30. The second kappa shape index (κ2) is 57.2. The normalized spacial score (nSPS) is 12.7. The molecule has 0 aromatic carbocycles. The molecule has 0 aromatic rings. The Balaban J connectivity index is 4.47. The van der Waals surface area contributed by atoms with E-state index in [1.165, 1.54) is 154 Å². The van der Waals surface area contributed by atoms with Crippen LogP contribution in [-0.2, 0) is 28.6 Å². The van der Waals surface area contributed by atoms with Crippen LogP contribution in [0.1, 0.15) is 278 Å². The number of hydrogen-bond acceptors (Lipinski definition) is 6. The highest BCUT2D eigenvalue weighted by molar-refractivity contribution is 5.71. The van der Waals surface area contributed by atoms with Crippen LogP contribution >= 0.6 is 0 Å². The van der Waals surface area contributed by atoms with Crippen LogP contribution in [0, 0.1) is 0 Å². The summed E-state index contributed by atoms with van der Waals surface area (Å²) in [4.78, 5) is 38.1. The minimum Gasteiger partial charge on any atom is -0.462 e. The van der Waals surface area contributed by atoms with E-state index in [-0.39, 0.29) is 37.5 Å². The van der Waals surface area contributed by atoms with E-state index in [2.05, 4.69) is 99.8 Å². The van der Waals surface area contributed by atoms with Gasteiger partial charge < -0.3 is 14.2 Å². The minimum absolute atomic E-state index is 0.0994. The zero-order valence-electron chi connectivity index (χ0n) is 45.3. The Hall–Kier alpha value is -3.41. The summed E-state index contributed by atoms with van der Waals surface area (Å²) in [6.45, 7) is 6.47. The van der Waals surface area contributed by atoms with Crippen molar-refractivity contribution in [2.45, 2.75) is 284 Å². The van der Waals surface area contributed by atoms with E-state index in [1.807, 2.05) is 6.08 Å². The second-order valence-electron chi connectivity index (χ2n) is 19.2. The van der Waals surface area contributed by atoms with E-state index >= 15 is 0 Å². The van der Waals surface area contributed by atoms with E-state index in [1.54, 1.807) is 0 Å². The van der Waals surface area contributed by atoms with Crippen LogP contribution in [0.5, 0.6) is 0 Å². The third-order valence-corrected chi connectivity index (χ3v) is 12.4. The Morgan fingerprint density at radius 3 is 0.971 bits per heavy atom. The van der Waals surface area contributed by atoms with Crippen molar-refractivity contribution in [3.63, 3.8) is 0 Å². The third-order valence-electron chi connectivity index (χ3n) is 12.4. The number of unbranched alkanes of at least 4 members (excludes halogenated alkanes) is 27. The molecule has 0 rings (SSSR count). The van der Waals surface area contributed by atoms with Gasteiger partial charge in [0.1, 0.15) is 13.2 Å². The average molecular weight is 962 g/mol. The number of carbonyl (C=O) groups is 3. The van der Waals surface area contributed by atoms with Gasteiger partial charge in [0.05, 0.1) is 0 Å². The number of rotatable bonds is 52. The summed E-state index contributed by atoms with van der Waals surface area (Å²) in [6, 6.07) is 0. The molecule has 6 nitrogen and oxygen atoms in total. The SMILES string of the molecule is CC/C=C\C/C=C\C/C=C\C/C=C\C/C=C\C/C=C\CCC(=O)OCC(COC(=O)CCCCCCCCCCCCCCC)OC(=O)CCCCCCCCC/C=C\CCCCCCCCCC. The maximum Gasteiger partial charge on any atom is 0.306 e. The average Bonchev–Trinajstić information content (AvgIpc) is 3.35. The number of ether oxygens (including phenoxy) is 3. The molecule has 0 aliphatic heterocycles. The summed E-state index contributed by atoms with van der Waals surface area (Å²) in [6.07, 6.45) is 74.4. The van der Waals surface area contributed by atoms with Crippen molar-refractivity contribution in [2.75, 3.05) is 13.2 Å². The van der Waals surface area contributed by atoms with Gasteiger partial charge in [-0.2, -0.15) is 0 Å². The smallest absolute Gasteiger partial charge is 0.306 e. The van der Waals surface area contributed by atoms with Crippen LogP contribution in [0.3, 0.4) is 0 Å². The van der Waals surface area contributed by atoms with Crippen LogP contribution in [-0.4, -0.2) is 37.2 Å². The van der Waals surface area contributed by atoms with Crippen LogP contribution in [0.15, 0.2) is 85.1 Å². The number of esters is 3. The van der Waals surface area contributed by atoms with Crippen LogP contribution in [0.2, 0.25) is 0 Å². The minimum atomic E-state index is -0.808. The summed E-state index contributed by atoms with van der Waals surface area (Å²) < 4.78 is 16.8. The highest BCUT2D eigenvalue weighted by atomic mass is 16.6. The lowest BCUT2D eigenvalue weighted by molar-refractivity contribution is -0.166. The van der Waals surface area contributed by atoms with E-state index < -0.39 is 6.10 Å². The Morgan fingerprint density at radius 1 is 0.304 bits per heavy atom. The summed E-state index contributed by atoms with van der Waals surface area (Å²) in [7, 11) is 0. The van der Waals surface area contributed by atoms with E-state index in [0.717, 1.165) is 77.0 Å². The number of hydrogen-bond donors (Lipinski definition) is 0. The molecule has 0 N–H and O–H groups in total. The molecule has 0 aromatic heterocycles. The predicted molar refractivity (Wildman–Crippen MR) is 297 cm³/mol. The zero-order chi connectivity index (χ0) is 50.0. The highest BCUT2D eigenvalue weighted by Crippen LogP contribution is 2.15. The monoisotopic (exact) mass is 961 g/mol. The fourth-order valence-corrected chi connectivity index (χ4v) is 8.05. The summed E-state index contributed by atoms with van der Waals surface area (Å²) >= 11 is 0. The van der Waals surface area contributed by atoms with Crippen molar-refractivity contribution in [1.82, 2.24) is 0 Å². The van der Waals surface area contributed by atoms with Gasteiger partial charge in [0.2, 0.25) is 0 Å². The molecule has 0 bridgehead atoms. The Bertz CT molecular complexity index is 1330. The maximum absolute atomic E-state index is 12.9. The van der Waals surface area contributed by atoms with Crippen molar-refractivity contribution in [2.24, 2.45) is 0 Å². The van der Waals surface area contributed by atoms with Crippen molar-refractivity contribution >= 4 is 17.9 Å². The highest BCUT2D eigenvalue weighted by Gasteiger charge is 2.19. The van der Waals surface area contributed by atoms with Crippen molar-refractivity contribution < 1.29 is 28.6 Å². The number of allylic oxidation sites excluding steroid dienone is 14. The molecule has 396 valence electrons. The quantitative estimate of drug-likeness (QED) is 0.0262. The van der Waals surface area contributed by atoms with Crippen molar-refractivity contribution in [3.05, 3.63) is 85.1 Å². The van der Waals surface area contributed by atoms with E-state index in [4.69, 9.17) is 14.2 Å². The van der Waals surface area contributed by atoms with Gasteiger partial charge in [0.25, 0.3) is 0 Å². The lowest BCUT2D eigenvalue weighted by Gasteiger charge is -2.18. The Morgan fingerprint density at radius 2 is 0.594 bits per heavy atom. The van der Waals surface area contributed by atoms with Gasteiger partial charge in [-0.25, -0.2) is 0 Å². The lowest BCUT2D eigenvalue weighted by atomic mass is 10.0. The van der Waals surface area contributed by atoms with Crippen molar-refractivity contribution in [3.8, 4) is 0 Å². The van der Waals surface area contributed by atoms with E-state index in [9.17, 15) is 14.4 Å². The molecule has 0 saturated heterocycles. The molecule has 6 heteroatoms. The summed E-state index contributed by atoms with van der Waals surface area (Å²) in [5, 5.41) is 0. The van der Waals surface area contributed by atoms with Gasteiger partial charge in [0.15, 0.2) is 6.10 Å². The first kappa shape index (κ1) is 65.6. The summed E-state index contributed by atoms with van der Waals surface area (Å²) in [5.41, 5.74) is 0. The predicted octanol–water partition coefficient (Wildman–Crippen LogP) is 19.5. The molecule has 0 saturated carbocycles. The molecule has 0 radical (unpaired) electrons. The third kappa shape index (κ3) is 55.4. The molecule has 0 aliphatic carbocycles.